The molecule has 0 nitrogen and oxygen atoms in total. The van der Waals surface area contributed by atoms with Crippen LogP contribution < -0.4 is 0 Å². The van der Waals surface area contributed by atoms with Crippen LogP contribution in [0.4, 0.5) is 26.3 Å². The van der Waals surface area contributed by atoms with Crippen molar-refractivity contribution >= 4 is 0 Å². The molecule has 2 aromatic rings. The first kappa shape index (κ1) is 25.6. The predicted octanol–water partition coefficient (Wildman–Crippen LogP) is 9.35. The maximum atomic E-state index is 14.7. The molecule has 0 bridgehead atoms. The molecule has 1 saturated carbocycles. The zero-order valence-corrected chi connectivity index (χ0v) is 19.3. The molecule has 0 amide bonds. The lowest BCUT2D eigenvalue weighted by Crippen LogP contribution is -2.15. The van der Waals surface area contributed by atoms with Crippen molar-refractivity contribution in [1.29, 1.82) is 0 Å². The van der Waals surface area contributed by atoms with Crippen molar-refractivity contribution in [3.8, 4) is 11.1 Å². The summed E-state index contributed by atoms with van der Waals surface area (Å²) >= 11 is 0. The van der Waals surface area contributed by atoms with Crippen LogP contribution in [-0.2, 0) is 12.6 Å². The Kier molecular flexibility index (Phi) is 8.52. The number of benzene rings is 2. The summed E-state index contributed by atoms with van der Waals surface area (Å²) in [7, 11) is 0. The predicted molar refractivity (Wildman–Crippen MR) is 119 cm³/mol. The molecule has 1 aliphatic rings. The number of halogens is 6. The molecule has 0 radical (unpaired) electrons. The van der Waals surface area contributed by atoms with Crippen LogP contribution in [0.25, 0.3) is 11.1 Å². The molecule has 1 aliphatic carbocycles. The summed E-state index contributed by atoms with van der Waals surface area (Å²) < 4.78 is 80.7. The van der Waals surface area contributed by atoms with Crippen molar-refractivity contribution in [1.82, 2.24) is 0 Å². The number of hydrogen-bond acceptors (Lipinski definition) is 0. The van der Waals surface area contributed by atoms with Crippen LogP contribution in [0.3, 0.4) is 0 Å². The smallest absolute Gasteiger partial charge is 0.206 e. The average Bonchev–Trinajstić information content (AvgIpc) is 2.71. The van der Waals surface area contributed by atoms with Gasteiger partial charge in [-0.2, -0.15) is 13.2 Å². The van der Waals surface area contributed by atoms with Crippen LogP contribution in [0.2, 0.25) is 0 Å². The van der Waals surface area contributed by atoms with Crippen LogP contribution in [0.15, 0.2) is 30.3 Å². The first-order valence-corrected chi connectivity index (χ1v) is 11.9. The van der Waals surface area contributed by atoms with E-state index in [9.17, 15) is 26.3 Å². The van der Waals surface area contributed by atoms with Crippen LogP contribution >= 0.6 is 0 Å². The third-order valence-electron chi connectivity index (χ3n) is 6.87. The van der Waals surface area contributed by atoms with E-state index in [1.165, 1.54) is 57.1 Å². The van der Waals surface area contributed by atoms with Crippen LogP contribution in [-0.4, -0.2) is 0 Å². The van der Waals surface area contributed by atoms with Crippen molar-refractivity contribution in [3.63, 3.8) is 0 Å². The summed E-state index contributed by atoms with van der Waals surface area (Å²) in [6.07, 6.45) is 5.29. The molecule has 3 rings (SSSR count). The van der Waals surface area contributed by atoms with Crippen molar-refractivity contribution in [3.05, 3.63) is 58.9 Å². The Morgan fingerprint density at radius 1 is 0.818 bits per heavy atom. The Morgan fingerprint density at radius 3 is 1.91 bits per heavy atom. The second kappa shape index (κ2) is 11.0. The lowest BCUT2D eigenvalue weighted by molar-refractivity contribution is -0.142. The molecule has 2 aromatic carbocycles. The fourth-order valence-corrected chi connectivity index (χ4v) is 4.94. The van der Waals surface area contributed by atoms with E-state index in [0.29, 0.717) is 24.5 Å². The maximum Gasteiger partial charge on any atom is 0.422 e. The van der Waals surface area contributed by atoms with Crippen LogP contribution in [0.5, 0.6) is 0 Å². The standard InChI is InChI=1S/C27H32F6/c1-17(2)4-3-5-18-6-8-19(9-7-18)10-11-20-12-13-22(23(28)14-20)21-15-24(29)26(25(30)16-21)27(31,32)33/h12-19H,3-11H2,1-2H3. The van der Waals surface area contributed by atoms with Gasteiger partial charge in [-0.1, -0.05) is 70.9 Å². The molecule has 0 aromatic heterocycles. The third kappa shape index (κ3) is 7.00. The monoisotopic (exact) mass is 470 g/mol. The van der Waals surface area contributed by atoms with E-state index < -0.39 is 29.2 Å². The first-order chi connectivity index (χ1) is 15.5. The molecule has 0 spiro atoms. The lowest BCUT2D eigenvalue weighted by atomic mass is 9.77. The minimum atomic E-state index is -5.15. The molecule has 33 heavy (non-hydrogen) atoms. The number of rotatable bonds is 8. The molecule has 6 heteroatoms. The summed E-state index contributed by atoms with van der Waals surface area (Å²) in [6, 6.07) is 5.45. The summed E-state index contributed by atoms with van der Waals surface area (Å²) in [5.41, 5.74) is -1.55. The van der Waals surface area contributed by atoms with Crippen molar-refractivity contribution in [2.45, 2.75) is 77.8 Å². The largest absolute Gasteiger partial charge is 0.422 e. The quantitative estimate of drug-likeness (QED) is 0.337. The topological polar surface area (TPSA) is 0 Å². The maximum absolute atomic E-state index is 14.7. The minimum Gasteiger partial charge on any atom is -0.206 e. The Labute approximate surface area is 192 Å². The van der Waals surface area contributed by atoms with Gasteiger partial charge in [0.1, 0.15) is 23.0 Å². The van der Waals surface area contributed by atoms with Gasteiger partial charge in [0.15, 0.2) is 0 Å². The van der Waals surface area contributed by atoms with Crippen LogP contribution in [0, 0.1) is 35.2 Å². The Morgan fingerprint density at radius 2 is 1.39 bits per heavy atom. The summed E-state index contributed by atoms with van der Waals surface area (Å²) in [5.74, 6) is -2.00. The van der Waals surface area contributed by atoms with E-state index in [1.807, 2.05) is 0 Å². The summed E-state index contributed by atoms with van der Waals surface area (Å²) in [4.78, 5) is 0. The van der Waals surface area contributed by atoms with Gasteiger partial charge in [0, 0.05) is 5.56 Å². The van der Waals surface area contributed by atoms with Gasteiger partial charge in [-0.05, 0) is 59.9 Å². The second-order valence-corrected chi connectivity index (χ2v) is 9.88. The van der Waals surface area contributed by atoms with E-state index in [0.717, 1.165) is 23.8 Å². The SMILES string of the molecule is CC(C)CCCC1CCC(CCc2ccc(-c3cc(F)c(C(F)(F)F)c(F)c3)c(F)c2)CC1. The molecule has 0 N–H and O–H groups in total. The van der Waals surface area contributed by atoms with E-state index in [-0.39, 0.29) is 11.1 Å². The van der Waals surface area contributed by atoms with Gasteiger partial charge in [0.25, 0.3) is 0 Å². The molecule has 1 fully saturated rings. The third-order valence-corrected chi connectivity index (χ3v) is 6.87. The molecule has 0 unspecified atom stereocenters. The fourth-order valence-electron chi connectivity index (χ4n) is 4.94. The Hall–Kier alpha value is -1.98. The molecule has 182 valence electrons. The molecule has 0 saturated heterocycles. The normalized spacial score (nSPS) is 19.3. The molecular weight excluding hydrogens is 438 g/mol. The van der Waals surface area contributed by atoms with Crippen molar-refractivity contribution < 1.29 is 26.3 Å². The number of aryl methyl sites for hydroxylation is 1. The Bertz CT molecular complexity index is 900. The lowest BCUT2D eigenvalue weighted by Gasteiger charge is -2.28. The summed E-state index contributed by atoms with van der Waals surface area (Å²) in [6.45, 7) is 4.51. The Balaban J connectivity index is 1.57. The van der Waals surface area contributed by atoms with Gasteiger partial charge in [0.2, 0.25) is 0 Å². The van der Waals surface area contributed by atoms with Crippen molar-refractivity contribution in [2.75, 3.05) is 0 Å². The highest BCUT2D eigenvalue weighted by Gasteiger charge is 2.38. The molecule has 0 atom stereocenters. The fraction of sp³-hybridized carbons (Fsp3) is 0.556. The summed E-state index contributed by atoms with van der Waals surface area (Å²) in [5, 5.41) is 0. The van der Waals surface area contributed by atoms with E-state index in [1.54, 1.807) is 6.07 Å². The highest BCUT2D eigenvalue weighted by molar-refractivity contribution is 5.65. The zero-order chi connectivity index (χ0) is 24.2. The van der Waals surface area contributed by atoms with Gasteiger partial charge >= 0.3 is 6.18 Å². The number of alkyl halides is 3. The minimum absolute atomic E-state index is 0.118. The van der Waals surface area contributed by atoms with Gasteiger partial charge in [0.05, 0.1) is 0 Å². The first-order valence-electron chi connectivity index (χ1n) is 11.9. The van der Waals surface area contributed by atoms with Crippen molar-refractivity contribution in [2.24, 2.45) is 17.8 Å². The van der Waals surface area contributed by atoms with E-state index in [4.69, 9.17) is 0 Å². The van der Waals surface area contributed by atoms with E-state index >= 15 is 0 Å². The average molecular weight is 471 g/mol. The molecule has 0 aliphatic heterocycles. The van der Waals surface area contributed by atoms with Gasteiger partial charge in [-0.25, -0.2) is 13.2 Å². The zero-order valence-electron chi connectivity index (χ0n) is 19.3. The molecule has 0 heterocycles. The van der Waals surface area contributed by atoms with E-state index in [2.05, 4.69) is 13.8 Å². The second-order valence-electron chi connectivity index (χ2n) is 9.88. The highest BCUT2D eigenvalue weighted by atomic mass is 19.4. The van der Waals surface area contributed by atoms with Gasteiger partial charge < -0.3 is 0 Å². The van der Waals surface area contributed by atoms with Gasteiger partial charge in [-0.15, -0.1) is 0 Å². The number of hydrogen-bond donors (Lipinski definition) is 0. The molecular formula is C27H32F6. The van der Waals surface area contributed by atoms with Gasteiger partial charge in [-0.3, -0.25) is 0 Å². The highest BCUT2D eigenvalue weighted by Crippen LogP contribution is 2.37. The van der Waals surface area contributed by atoms with Crippen LogP contribution in [0.1, 0.15) is 76.3 Å².